The third-order valence-corrected chi connectivity index (χ3v) is 5.76. The Morgan fingerprint density at radius 3 is 2.29 bits per heavy atom. The monoisotopic (exact) mass is 387 g/mol. The van der Waals surface area contributed by atoms with E-state index in [4.69, 9.17) is 4.74 Å². The first-order valence-corrected chi connectivity index (χ1v) is 10.1. The highest BCUT2D eigenvalue weighted by molar-refractivity contribution is 5.77. The van der Waals surface area contributed by atoms with E-state index in [-0.39, 0.29) is 43.1 Å². The van der Waals surface area contributed by atoms with Crippen LogP contribution in [0.2, 0.25) is 0 Å². The number of aliphatic hydroxyl groups is 1. The van der Waals surface area contributed by atoms with Crippen LogP contribution in [0.4, 0.5) is 0 Å². The summed E-state index contributed by atoms with van der Waals surface area (Å²) in [6.07, 6.45) is 0.436. The molecule has 2 saturated heterocycles. The number of rotatable bonds is 5. The Morgan fingerprint density at radius 2 is 1.68 bits per heavy atom. The van der Waals surface area contributed by atoms with E-state index in [0.717, 1.165) is 30.7 Å². The van der Waals surface area contributed by atoms with Gasteiger partial charge in [0.15, 0.2) is 0 Å². The number of likely N-dealkylation sites (tertiary alicyclic amines) is 1. The van der Waals surface area contributed by atoms with Crippen LogP contribution in [0.1, 0.15) is 13.8 Å². The topological polar surface area (TPSA) is 83.7 Å². The summed E-state index contributed by atoms with van der Waals surface area (Å²) in [6, 6.07) is 7.60. The molecule has 2 aromatic rings. The number of hydrogen-bond donors (Lipinski definition) is 1. The Kier molecular flexibility index (Phi) is 5.61. The van der Waals surface area contributed by atoms with E-state index in [9.17, 15) is 9.90 Å². The molecule has 1 N–H and O–H groups in total. The number of ether oxygens (including phenoxy) is 1. The molecular weight excluding hydrogens is 358 g/mol. The molecule has 1 aromatic carbocycles. The van der Waals surface area contributed by atoms with Gasteiger partial charge in [-0.2, -0.15) is 15.0 Å². The van der Waals surface area contributed by atoms with Crippen molar-refractivity contribution in [3.05, 3.63) is 24.3 Å². The van der Waals surface area contributed by atoms with Crippen molar-refractivity contribution < 1.29 is 14.6 Å². The van der Waals surface area contributed by atoms with Gasteiger partial charge in [0.25, 0.3) is 0 Å². The van der Waals surface area contributed by atoms with Gasteiger partial charge in [0.1, 0.15) is 17.6 Å². The lowest BCUT2D eigenvalue weighted by Gasteiger charge is -2.37. The number of carbonyl (C=O) groups excluding carboxylic acids is 1. The maximum Gasteiger partial charge on any atom is 0.246 e. The Morgan fingerprint density at radius 1 is 1.07 bits per heavy atom. The van der Waals surface area contributed by atoms with Crippen LogP contribution in [-0.2, 0) is 16.1 Å². The van der Waals surface area contributed by atoms with Crippen LogP contribution >= 0.6 is 0 Å². The highest BCUT2D eigenvalue weighted by Crippen LogP contribution is 2.26. The number of fused-ring (bicyclic) bond motifs is 1. The fourth-order valence-corrected chi connectivity index (χ4v) is 4.52. The van der Waals surface area contributed by atoms with Crippen LogP contribution < -0.4 is 0 Å². The summed E-state index contributed by atoms with van der Waals surface area (Å²) in [5.74, 6) is 0.392. The van der Waals surface area contributed by atoms with Crippen LogP contribution in [-0.4, -0.2) is 87.3 Å². The van der Waals surface area contributed by atoms with Crippen molar-refractivity contribution in [3.63, 3.8) is 0 Å². The molecule has 0 saturated carbocycles. The number of aromatic nitrogens is 3. The van der Waals surface area contributed by atoms with Gasteiger partial charge in [-0.05, 0) is 31.9 Å². The summed E-state index contributed by atoms with van der Waals surface area (Å²) in [5.41, 5.74) is 1.58. The summed E-state index contributed by atoms with van der Waals surface area (Å²) in [6.45, 7) is 8.38. The van der Waals surface area contributed by atoms with E-state index in [0.29, 0.717) is 13.1 Å². The average Bonchev–Trinajstić information content (AvgIpc) is 3.23. The molecule has 2 fully saturated rings. The number of nitrogens with zero attached hydrogens (tertiary/aromatic N) is 5. The van der Waals surface area contributed by atoms with E-state index in [1.165, 1.54) is 4.80 Å². The molecule has 4 rings (SSSR count). The van der Waals surface area contributed by atoms with E-state index in [1.54, 1.807) is 0 Å². The molecule has 0 unspecified atom stereocenters. The zero-order valence-electron chi connectivity index (χ0n) is 16.6. The molecule has 28 heavy (non-hydrogen) atoms. The van der Waals surface area contributed by atoms with Gasteiger partial charge < -0.3 is 14.7 Å². The molecule has 2 aliphatic heterocycles. The number of morpholine rings is 1. The van der Waals surface area contributed by atoms with E-state index in [1.807, 2.05) is 29.2 Å². The largest absolute Gasteiger partial charge is 0.396 e. The molecule has 4 atom stereocenters. The highest BCUT2D eigenvalue weighted by atomic mass is 16.5. The lowest BCUT2D eigenvalue weighted by atomic mass is 9.96. The minimum absolute atomic E-state index is 0.00460. The summed E-state index contributed by atoms with van der Waals surface area (Å²) >= 11 is 0. The second kappa shape index (κ2) is 8.14. The summed E-state index contributed by atoms with van der Waals surface area (Å²) in [7, 11) is 0. The lowest BCUT2D eigenvalue weighted by Crippen LogP contribution is -2.48. The number of benzene rings is 1. The maximum atomic E-state index is 12.8. The van der Waals surface area contributed by atoms with Crippen molar-refractivity contribution in [2.24, 2.45) is 11.8 Å². The smallest absolute Gasteiger partial charge is 0.246 e. The van der Waals surface area contributed by atoms with Gasteiger partial charge >= 0.3 is 0 Å². The van der Waals surface area contributed by atoms with Crippen molar-refractivity contribution in [2.75, 3.05) is 39.3 Å². The normalized spacial score (nSPS) is 28.9. The number of amides is 1. The molecule has 8 heteroatoms. The minimum Gasteiger partial charge on any atom is -0.396 e. The number of aliphatic hydroxyl groups excluding tert-OH is 1. The molecule has 0 radical (unpaired) electrons. The average molecular weight is 387 g/mol. The molecule has 1 aromatic heterocycles. The van der Waals surface area contributed by atoms with Crippen LogP contribution in [0, 0.1) is 11.8 Å². The fourth-order valence-electron chi connectivity index (χ4n) is 4.52. The van der Waals surface area contributed by atoms with Gasteiger partial charge in [-0.15, -0.1) is 0 Å². The third kappa shape index (κ3) is 4.19. The highest BCUT2D eigenvalue weighted by Gasteiger charge is 2.37. The van der Waals surface area contributed by atoms with Crippen molar-refractivity contribution >= 4 is 16.9 Å². The quantitative estimate of drug-likeness (QED) is 0.809. The Bertz CT molecular complexity index is 782. The second-order valence-electron chi connectivity index (χ2n) is 8.20. The molecule has 1 amide bonds. The van der Waals surface area contributed by atoms with Crippen LogP contribution in [0.25, 0.3) is 11.0 Å². The predicted molar refractivity (Wildman–Crippen MR) is 105 cm³/mol. The van der Waals surface area contributed by atoms with Crippen LogP contribution in [0.5, 0.6) is 0 Å². The first-order valence-electron chi connectivity index (χ1n) is 10.1. The first kappa shape index (κ1) is 19.3. The molecule has 0 aliphatic carbocycles. The maximum absolute atomic E-state index is 12.8. The third-order valence-electron chi connectivity index (χ3n) is 5.76. The van der Waals surface area contributed by atoms with Crippen molar-refractivity contribution in [3.8, 4) is 0 Å². The Hall–Kier alpha value is -2.03. The zero-order chi connectivity index (χ0) is 19.7. The van der Waals surface area contributed by atoms with Crippen molar-refractivity contribution in [1.82, 2.24) is 24.8 Å². The van der Waals surface area contributed by atoms with Crippen LogP contribution in [0.3, 0.4) is 0 Å². The summed E-state index contributed by atoms with van der Waals surface area (Å²) < 4.78 is 5.81. The lowest BCUT2D eigenvalue weighted by molar-refractivity contribution is -0.131. The van der Waals surface area contributed by atoms with Gasteiger partial charge in [0, 0.05) is 45.2 Å². The molecule has 3 heterocycles. The van der Waals surface area contributed by atoms with Gasteiger partial charge in [0.2, 0.25) is 5.91 Å². The standard InChI is InChI=1S/C20H29N5O3/c1-14-7-23(8-15(2)28-14)9-16-10-24(11-17(16)13-26)20(27)12-25-21-18-5-3-4-6-19(18)22-25/h3-6,14-17,26H,7-13H2,1-2H3/t14-,15+,16-,17-/m1/s1. The number of hydrogen-bond acceptors (Lipinski definition) is 6. The van der Waals surface area contributed by atoms with Crippen LogP contribution in [0.15, 0.2) is 24.3 Å². The molecule has 152 valence electrons. The zero-order valence-corrected chi connectivity index (χ0v) is 16.6. The van der Waals surface area contributed by atoms with E-state index in [2.05, 4.69) is 28.9 Å². The second-order valence-corrected chi connectivity index (χ2v) is 8.20. The van der Waals surface area contributed by atoms with Gasteiger partial charge in [-0.25, -0.2) is 0 Å². The summed E-state index contributed by atoms with van der Waals surface area (Å²) in [4.78, 5) is 18.5. The van der Waals surface area contributed by atoms with E-state index >= 15 is 0 Å². The van der Waals surface area contributed by atoms with Gasteiger partial charge in [0.05, 0.1) is 12.2 Å². The van der Waals surface area contributed by atoms with Gasteiger partial charge in [-0.1, -0.05) is 12.1 Å². The predicted octanol–water partition coefficient (Wildman–Crippen LogP) is 0.607. The van der Waals surface area contributed by atoms with Crippen molar-refractivity contribution in [2.45, 2.75) is 32.6 Å². The Labute approximate surface area is 165 Å². The fraction of sp³-hybridized carbons (Fsp3) is 0.650. The van der Waals surface area contributed by atoms with Crippen molar-refractivity contribution in [1.29, 1.82) is 0 Å². The molecular formula is C20H29N5O3. The Balaban J connectivity index is 1.38. The van der Waals surface area contributed by atoms with E-state index < -0.39 is 0 Å². The summed E-state index contributed by atoms with van der Waals surface area (Å²) in [5, 5.41) is 18.6. The minimum atomic E-state index is 0.00460. The first-order chi connectivity index (χ1) is 13.5. The van der Waals surface area contributed by atoms with Gasteiger partial charge in [-0.3, -0.25) is 9.69 Å². The molecule has 8 nitrogen and oxygen atoms in total. The SMILES string of the molecule is C[C@@H]1CN(C[C@@H]2CN(C(=O)Cn3nc4ccccc4n3)C[C@@H]2CO)C[C@H](C)O1. The molecule has 2 aliphatic rings. The number of carbonyl (C=O) groups is 1. The molecule has 0 bridgehead atoms. The molecule has 0 spiro atoms.